The predicted octanol–water partition coefficient (Wildman–Crippen LogP) is 7.27. The van der Waals surface area contributed by atoms with Gasteiger partial charge in [-0.15, -0.1) is 0 Å². The molecule has 1 atom stereocenters. The summed E-state index contributed by atoms with van der Waals surface area (Å²) in [6, 6.07) is 34.0. The first-order valence-corrected chi connectivity index (χ1v) is 13.2. The van der Waals surface area contributed by atoms with Gasteiger partial charge in [0, 0.05) is 17.7 Å². The molecule has 4 aromatic rings. The summed E-state index contributed by atoms with van der Waals surface area (Å²) in [5, 5.41) is 12.6. The van der Waals surface area contributed by atoms with Crippen LogP contribution in [0.1, 0.15) is 53.7 Å². The average molecular weight is 516 g/mol. The number of amides is 1. The molecule has 2 N–H and O–H groups in total. The standard InChI is InChI=1S/C34H29NO4/c1-22(23-7-3-2-4-8-23)39-33(38)35-30-21-27-9-5-6-10-29(27)31(30)26-13-11-24(12-14-26)25-15-17-28(18-16-25)34(19-20-34)32(36)37/h2-18,22H,19-21H2,1H3,(H,35,38)(H,36,37). The number of carbonyl (C=O) groups is 2. The Morgan fingerprint density at radius 2 is 1.38 bits per heavy atom. The Morgan fingerprint density at radius 3 is 2.03 bits per heavy atom. The predicted molar refractivity (Wildman–Crippen MR) is 151 cm³/mol. The Kier molecular flexibility index (Phi) is 6.27. The zero-order chi connectivity index (χ0) is 27.0. The highest BCUT2D eigenvalue weighted by atomic mass is 16.6. The molecule has 4 aromatic carbocycles. The zero-order valence-electron chi connectivity index (χ0n) is 21.7. The highest BCUT2D eigenvalue weighted by Gasteiger charge is 2.51. The summed E-state index contributed by atoms with van der Waals surface area (Å²) in [5.41, 5.74) is 8.27. The maximum Gasteiger partial charge on any atom is 0.411 e. The second-order valence-corrected chi connectivity index (χ2v) is 10.3. The second kappa shape index (κ2) is 9.91. The topological polar surface area (TPSA) is 75.6 Å². The molecule has 2 aliphatic rings. The molecule has 1 saturated carbocycles. The Morgan fingerprint density at radius 1 is 0.795 bits per heavy atom. The molecule has 39 heavy (non-hydrogen) atoms. The van der Waals surface area contributed by atoms with Gasteiger partial charge in [0.25, 0.3) is 0 Å². The molecule has 0 heterocycles. The second-order valence-electron chi connectivity index (χ2n) is 10.3. The van der Waals surface area contributed by atoms with Crippen LogP contribution in [0.25, 0.3) is 16.7 Å². The van der Waals surface area contributed by atoms with Gasteiger partial charge < -0.3 is 9.84 Å². The minimum absolute atomic E-state index is 0.366. The van der Waals surface area contributed by atoms with Gasteiger partial charge in [0.05, 0.1) is 5.41 Å². The number of aliphatic carboxylic acids is 1. The van der Waals surface area contributed by atoms with Gasteiger partial charge in [0.2, 0.25) is 0 Å². The van der Waals surface area contributed by atoms with Crippen molar-refractivity contribution in [2.75, 3.05) is 0 Å². The van der Waals surface area contributed by atoms with Crippen LogP contribution in [0.15, 0.2) is 109 Å². The number of benzene rings is 4. The van der Waals surface area contributed by atoms with E-state index < -0.39 is 17.5 Å². The minimum atomic E-state index is -0.743. The molecule has 1 unspecified atom stereocenters. The quantitative estimate of drug-likeness (QED) is 0.271. The lowest BCUT2D eigenvalue weighted by molar-refractivity contribution is -0.140. The molecule has 0 aromatic heterocycles. The highest BCUT2D eigenvalue weighted by Crippen LogP contribution is 2.48. The van der Waals surface area contributed by atoms with Crippen molar-refractivity contribution in [3.63, 3.8) is 0 Å². The number of allylic oxidation sites excluding steroid dienone is 1. The average Bonchev–Trinajstić information content (AvgIpc) is 3.70. The van der Waals surface area contributed by atoms with Gasteiger partial charge in [0.1, 0.15) is 6.10 Å². The van der Waals surface area contributed by atoms with Crippen molar-refractivity contribution in [1.82, 2.24) is 5.32 Å². The molecular weight excluding hydrogens is 486 g/mol. The maximum absolute atomic E-state index is 12.9. The summed E-state index contributed by atoms with van der Waals surface area (Å²) in [7, 11) is 0. The molecule has 0 saturated heterocycles. The van der Waals surface area contributed by atoms with Crippen molar-refractivity contribution in [1.29, 1.82) is 0 Å². The van der Waals surface area contributed by atoms with E-state index in [2.05, 4.69) is 41.7 Å². The molecule has 0 spiro atoms. The van der Waals surface area contributed by atoms with Gasteiger partial charge in [-0.05, 0) is 58.7 Å². The van der Waals surface area contributed by atoms with E-state index in [1.165, 1.54) is 0 Å². The molecule has 0 radical (unpaired) electrons. The minimum Gasteiger partial charge on any atom is -0.481 e. The first-order valence-electron chi connectivity index (χ1n) is 13.2. The van der Waals surface area contributed by atoms with Crippen LogP contribution in [0.4, 0.5) is 4.79 Å². The molecule has 5 nitrogen and oxygen atoms in total. The Balaban J connectivity index is 1.25. The molecule has 1 fully saturated rings. The smallest absolute Gasteiger partial charge is 0.411 e. The van der Waals surface area contributed by atoms with Crippen LogP contribution in [0.5, 0.6) is 0 Å². The number of rotatable bonds is 7. The van der Waals surface area contributed by atoms with E-state index in [-0.39, 0.29) is 6.10 Å². The van der Waals surface area contributed by atoms with E-state index in [9.17, 15) is 14.7 Å². The van der Waals surface area contributed by atoms with E-state index in [4.69, 9.17) is 4.74 Å². The number of alkyl carbamates (subject to hydrolysis) is 1. The van der Waals surface area contributed by atoms with Crippen LogP contribution in [0.2, 0.25) is 0 Å². The fourth-order valence-corrected chi connectivity index (χ4v) is 5.46. The third-order valence-electron chi connectivity index (χ3n) is 7.87. The first-order chi connectivity index (χ1) is 18.9. The third kappa shape index (κ3) is 4.72. The molecule has 1 amide bonds. The summed E-state index contributed by atoms with van der Waals surface area (Å²) >= 11 is 0. The van der Waals surface area contributed by atoms with Crippen molar-refractivity contribution in [3.8, 4) is 11.1 Å². The monoisotopic (exact) mass is 515 g/mol. The van der Waals surface area contributed by atoms with E-state index in [1.54, 1.807) is 0 Å². The van der Waals surface area contributed by atoms with Crippen molar-refractivity contribution in [2.24, 2.45) is 0 Å². The van der Waals surface area contributed by atoms with Gasteiger partial charge in [-0.25, -0.2) is 4.79 Å². The van der Waals surface area contributed by atoms with Crippen LogP contribution in [-0.2, 0) is 21.4 Å². The normalized spacial score (nSPS) is 15.8. The molecule has 194 valence electrons. The Hall–Kier alpha value is -4.64. The molecule has 5 heteroatoms. The van der Waals surface area contributed by atoms with Gasteiger partial charge in [-0.2, -0.15) is 0 Å². The van der Waals surface area contributed by atoms with Crippen molar-refractivity contribution >= 4 is 17.6 Å². The zero-order valence-corrected chi connectivity index (χ0v) is 21.7. The number of carbonyl (C=O) groups excluding carboxylic acids is 1. The van der Waals surface area contributed by atoms with Crippen LogP contribution >= 0.6 is 0 Å². The summed E-state index contributed by atoms with van der Waals surface area (Å²) in [6.07, 6.45) is 1.17. The molecule has 6 rings (SSSR count). The number of ether oxygens (including phenoxy) is 1. The van der Waals surface area contributed by atoms with Crippen LogP contribution in [0.3, 0.4) is 0 Å². The summed E-state index contributed by atoms with van der Waals surface area (Å²) in [6.45, 7) is 1.87. The number of carboxylic acids is 1. The maximum atomic E-state index is 12.9. The molecule has 0 aliphatic heterocycles. The number of carboxylic acid groups (broad SMARTS) is 1. The largest absolute Gasteiger partial charge is 0.481 e. The van der Waals surface area contributed by atoms with Crippen LogP contribution in [-0.4, -0.2) is 17.2 Å². The third-order valence-corrected chi connectivity index (χ3v) is 7.87. The fourth-order valence-electron chi connectivity index (χ4n) is 5.46. The summed E-state index contributed by atoms with van der Waals surface area (Å²) < 4.78 is 5.69. The first kappa shape index (κ1) is 24.7. The molecular formula is C34H29NO4. The lowest BCUT2D eigenvalue weighted by Crippen LogP contribution is -2.25. The van der Waals surface area contributed by atoms with Gasteiger partial charge in [-0.3, -0.25) is 10.1 Å². The lowest BCUT2D eigenvalue weighted by atomic mass is 9.93. The summed E-state index contributed by atoms with van der Waals surface area (Å²) in [5.74, 6) is -0.743. The Labute approximate surface area is 227 Å². The number of nitrogens with one attached hydrogen (secondary N) is 1. The Bertz CT molecular complexity index is 1570. The van der Waals surface area contributed by atoms with Gasteiger partial charge in [-0.1, -0.05) is 103 Å². The number of hydrogen-bond donors (Lipinski definition) is 2. The number of fused-ring (bicyclic) bond motifs is 1. The summed E-state index contributed by atoms with van der Waals surface area (Å²) in [4.78, 5) is 24.6. The lowest BCUT2D eigenvalue weighted by Gasteiger charge is -2.16. The van der Waals surface area contributed by atoms with Crippen molar-refractivity contribution in [3.05, 3.63) is 137 Å². The van der Waals surface area contributed by atoms with E-state index in [1.807, 2.05) is 73.7 Å². The van der Waals surface area contributed by atoms with Crippen LogP contribution in [0, 0.1) is 0 Å². The van der Waals surface area contributed by atoms with E-state index >= 15 is 0 Å². The highest BCUT2D eigenvalue weighted by molar-refractivity contribution is 5.90. The molecule has 0 bridgehead atoms. The fraction of sp³-hybridized carbons (Fsp3) is 0.176. The van der Waals surface area contributed by atoms with Crippen molar-refractivity contribution in [2.45, 2.75) is 37.7 Å². The molecule has 2 aliphatic carbocycles. The van der Waals surface area contributed by atoms with Crippen molar-refractivity contribution < 1.29 is 19.4 Å². The van der Waals surface area contributed by atoms with Crippen LogP contribution < -0.4 is 5.32 Å². The van der Waals surface area contributed by atoms with E-state index in [0.29, 0.717) is 19.3 Å². The SMILES string of the molecule is CC(OC(=O)NC1=C(c2ccc(-c3ccc(C4(C(=O)O)CC4)cc3)cc2)c2ccccc2C1)c1ccccc1. The van der Waals surface area contributed by atoms with E-state index in [0.717, 1.165) is 50.2 Å². The number of hydrogen-bond acceptors (Lipinski definition) is 3. The van der Waals surface area contributed by atoms with Gasteiger partial charge >= 0.3 is 12.1 Å². The van der Waals surface area contributed by atoms with Gasteiger partial charge in [0.15, 0.2) is 0 Å².